The van der Waals surface area contributed by atoms with E-state index >= 15 is 0 Å². The zero-order valence-corrected chi connectivity index (χ0v) is 18.4. The maximum Gasteiger partial charge on any atom is 0.433 e. The van der Waals surface area contributed by atoms with Crippen molar-refractivity contribution < 1.29 is 22.0 Å². The number of aryl methyl sites for hydroxylation is 1. The van der Waals surface area contributed by atoms with Crippen molar-refractivity contribution in [2.24, 2.45) is 12.5 Å². The normalized spacial score (nSPS) is 17.9. The van der Waals surface area contributed by atoms with Crippen molar-refractivity contribution in [1.29, 1.82) is 0 Å². The first-order chi connectivity index (χ1) is 16.0. The molecule has 0 aliphatic carbocycles. The molecule has 14 heteroatoms. The molecule has 5 heterocycles. The first-order valence-electron chi connectivity index (χ1n) is 10.6. The minimum absolute atomic E-state index is 0.0479. The Morgan fingerprint density at radius 3 is 2.50 bits per heavy atom. The van der Waals surface area contributed by atoms with Gasteiger partial charge in [0, 0.05) is 44.7 Å². The lowest BCUT2D eigenvalue weighted by Gasteiger charge is -2.48. The second-order valence-corrected chi connectivity index (χ2v) is 8.91. The molecule has 0 saturated carbocycles. The summed E-state index contributed by atoms with van der Waals surface area (Å²) in [5.41, 5.74) is -1.46. The maximum atomic E-state index is 13.1. The van der Waals surface area contributed by atoms with Crippen LogP contribution in [0.1, 0.15) is 17.9 Å². The van der Waals surface area contributed by atoms with Crippen LogP contribution >= 0.6 is 0 Å². The Morgan fingerprint density at radius 2 is 1.82 bits per heavy atom. The van der Waals surface area contributed by atoms with Crippen LogP contribution in [0.5, 0.6) is 0 Å². The summed E-state index contributed by atoms with van der Waals surface area (Å²) >= 11 is 0. The van der Waals surface area contributed by atoms with E-state index in [4.69, 9.17) is 0 Å². The second kappa shape index (κ2) is 7.60. The molecule has 0 N–H and O–H groups in total. The van der Waals surface area contributed by atoms with Gasteiger partial charge in [-0.2, -0.15) is 23.3 Å². The molecule has 34 heavy (non-hydrogen) atoms. The molecule has 9 nitrogen and oxygen atoms in total. The summed E-state index contributed by atoms with van der Waals surface area (Å²) in [7, 11) is 1.56. The number of halogens is 5. The zero-order chi connectivity index (χ0) is 24.4. The predicted molar refractivity (Wildman–Crippen MR) is 112 cm³/mol. The Balaban J connectivity index is 1.37. The molecule has 2 aliphatic heterocycles. The summed E-state index contributed by atoms with van der Waals surface area (Å²) in [6.07, 6.45) is -5.22. The standard InChI is InChI=1S/C20H21F5N8O/c1-11-27-13(20(23,24)25)5-15(28-11)32-9-19(10-32)3-4-31(8-19)18-29-16-12(17(34)30(18)2)6-26-33(16)7-14(21)22/h5-6,14H,3-4,7-10H2,1-2H3. The second-order valence-electron chi connectivity index (χ2n) is 8.91. The minimum atomic E-state index is -4.55. The number of hydrogen-bond acceptors (Lipinski definition) is 7. The molecule has 2 aliphatic rings. The first kappa shape index (κ1) is 22.5. The summed E-state index contributed by atoms with van der Waals surface area (Å²) in [5, 5.41) is 4.04. The third-order valence-corrected chi connectivity index (χ3v) is 6.38. The fourth-order valence-corrected chi connectivity index (χ4v) is 4.78. The number of hydrogen-bond donors (Lipinski definition) is 0. The van der Waals surface area contributed by atoms with Gasteiger partial charge in [0.25, 0.3) is 12.0 Å². The summed E-state index contributed by atoms with van der Waals surface area (Å²) in [6, 6.07) is 0.954. The highest BCUT2D eigenvalue weighted by Crippen LogP contribution is 2.43. The summed E-state index contributed by atoms with van der Waals surface area (Å²) in [5.74, 6) is 0.625. The van der Waals surface area contributed by atoms with Gasteiger partial charge in [0.15, 0.2) is 5.65 Å². The van der Waals surface area contributed by atoms with Gasteiger partial charge in [0.2, 0.25) is 5.95 Å². The van der Waals surface area contributed by atoms with Gasteiger partial charge >= 0.3 is 6.18 Å². The van der Waals surface area contributed by atoms with E-state index in [-0.39, 0.29) is 33.6 Å². The molecule has 2 saturated heterocycles. The van der Waals surface area contributed by atoms with E-state index in [9.17, 15) is 26.7 Å². The molecule has 0 unspecified atom stereocenters. The van der Waals surface area contributed by atoms with Gasteiger partial charge in [-0.25, -0.2) is 23.4 Å². The molecule has 182 valence electrons. The summed E-state index contributed by atoms with van der Waals surface area (Å²) in [6.45, 7) is 2.84. The molecular weight excluding hydrogens is 463 g/mol. The Labute approximate surface area is 189 Å². The van der Waals surface area contributed by atoms with Gasteiger partial charge in [0.1, 0.15) is 29.3 Å². The van der Waals surface area contributed by atoms with Crippen molar-refractivity contribution in [3.63, 3.8) is 0 Å². The lowest BCUT2D eigenvalue weighted by atomic mass is 9.79. The average Bonchev–Trinajstić information content (AvgIpc) is 3.33. The topological polar surface area (TPSA) is 85.0 Å². The predicted octanol–water partition coefficient (Wildman–Crippen LogP) is 2.23. The van der Waals surface area contributed by atoms with E-state index in [1.165, 1.54) is 17.7 Å². The van der Waals surface area contributed by atoms with Crippen molar-refractivity contribution in [3.05, 3.63) is 34.1 Å². The van der Waals surface area contributed by atoms with Gasteiger partial charge in [-0.05, 0) is 13.3 Å². The van der Waals surface area contributed by atoms with E-state index in [0.29, 0.717) is 32.1 Å². The van der Waals surface area contributed by atoms with Crippen molar-refractivity contribution in [2.45, 2.75) is 32.5 Å². The summed E-state index contributed by atoms with van der Waals surface area (Å²) < 4.78 is 67.6. The molecule has 0 radical (unpaired) electrons. The monoisotopic (exact) mass is 484 g/mol. The quantitative estimate of drug-likeness (QED) is 0.525. The van der Waals surface area contributed by atoms with Gasteiger partial charge < -0.3 is 9.80 Å². The van der Waals surface area contributed by atoms with Crippen LogP contribution in [0.3, 0.4) is 0 Å². The van der Waals surface area contributed by atoms with Gasteiger partial charge in [-0.15, -0.1) is 0 Å². The van der Waals surface area contributed by atoms with Crippen LogP contribution in [0.15, 0.2) is 17.1 Å². The van der Waals surface area contributed by atoms with Crippen LogP contribution in [-0.2, 0) is 19.8 Å². The summed E-state index contributed by atoms with van der Waals surface area (Å²) in [4.78, 5) is 28.6. The SMILES string of the molecule is Cc1nc(N2CC3(CCN(c4nc5c(cnn5CC(F)F)c(=O)n4C)C3)C2)cc(C(F)(F)F)n1. The van der Waals surface area contributed by atoms with Crippen LogP contribution in [0.4, 0.5) is 33.7 Å². The number of alkyl halides is 5. The molecule has 3 aromatic heterocycles. The Kier molecular flexibility index (Phi) is 5.02. The smallest absolute Gasteiger partial charge is 0.355 e. The van der Waals surface area contributed by atoms with E-state index in [1.54, 1.807) is 11.9 Å². The van der Waals surface area contributed by atoms with Gasteiger partial charge in [0.05, 0.1) is 6.20 Å². The molecule has 3 aromatic rings. The van der Waals surface area contributed by atoms with E-state index < -0.39 is 24.8 Å². The number of rotatable bonds is 4. The van der Waals surface area contributed by atoms with Crippen molar-refractivity contribution >= 4 is 22.8 Å². The number of nitrogens with zero attached hydrogens (tertiary/aromatic N) is 8. The zero-order valence-electron chi connectivity index (χ0n) is 18.4. The fourth-order valence-electron chi connectivity index (χ4n) is 4.78. The van der Waals surface area contributed by atoms with E-state index in [2.05, 4.69) is 20.1 Å². The first-order valence-corrected chi connectivity index (χ1v) is 10.6. The molecule has 2 fully saturated rings. The van der Waals surface area contributed by atoms with E-state index in [1.807, 2.05) is 4.90 Å². The number of aromatic nitrogens is 6. The maximum absolute atomic E-state index is 13.1. The molecular formula is C20H21F5N8O. The number of fused-ring (bicyclic) bond motifs is 1. The van der Waals surface area contributed by atoms with Crippen LogP contribution < -0.4 is 15.4 Å². The van der Waals surface area contributed by atoms with Crippen molar-refractivity contribution in [3.8, 4) is 0 Å². The highest BCUT2D eigenvalue weighted by molar-refractivity contribution is 5.75. The lowest BCUT2D eigenvalue weighted by Crippen LogP contribution is -2.58. The third-order valence-electron chi connectivity index (χ3n) is 6.38. The molecule has 1 spiro atoms. The van der Waals surface area contributed by atoms with Crippen LogP contribution in [0, 0.1) is 12.3 Å². The molecule has 5 rings (SSSR count). The molecule has 0 aromatic carbocycles. The lowest BCUT2D eigenvalue weighted by molar-refractivity contribution is -0.141. The van der Waals surface area contributed by atoms with E-state index in [0.717, 1.165) is 17.2 Å². The Bertz CT molecular complexity index is 1310. The Hall–Kier alpha value is -3.32. The highest BCUT2D eigenvalue weighted by atomic mass is 19.4. The van der Waals surface area contributed by atoms with Crippen LogP contribution in [-0.4, -0.2) is 61.9 Å². The fraction of sp³-hybridized carbons (Fsp3) is 0.550. The molecule has 0 atom stereocenters. The highest BCUT2D eigenvalue weighted by Gasteiger charge is 2.49. The van der Waals surface area contributed by atoms with Crippen molar-refractivity contribution in [1.82, 2.24) is 29.3 Å². The van der Waals surface area contributed by atoms with Crippen LogP contribution in [0.2, 0.25) is 0 Å². The molecule has 0 bridgehead atoms. The Morgan fingerprint density at radius 1 is 1.12 bits per heavy atom. The number of anilines is 2. The van der Waals surface area contributed by atoms with Crippen molar-refractivity contribution in [2.75, 3.05) is 36.0 Å². The van der Waals surface area contributed by atoms with Crippen LogP contribution in [0.25, 0.3) is 11.0 Å². The largest absolute Gasteiger partial charge is 0.433 e. The molecule has 0 amide bonds. The average molecular weight is 484 g/mol. The minimum Gasteiger partial charge on any atom is -0.355 e. The van der Waals surface area contributed by atoms with Gasteiger partial charge in [-0.1, -0.05) is 0 Å². The van der Waals surface area contributed by atoms with Gasteiger partial charge in [-0.3, -0.25) is 9.36 Å². The third kappa shape index (κ3) is 3.74.